The van der Waals surface area contributed by atoms with Gasteiger partial charge in [-0.25, -0.2) is 4.79 Å². The van der Waals surface area contributed by atoms with E-state index in [2.05, 4.69) is 6.07 Å². The first kappa shape index (κ1) is 14.0. The van der Waals surface area contributed by atoms with Gasteiger partial charge in [0, 0.05) is 0 Å². The van der Waals surface area contributed by atoms with Crippen molar-refractivity contribution in [3.63, 3.8) is 0 Å². The molecule has 0 atom stereocenters. The monoisotopic (exact) mass is 247 g/mol. The van der Waals surface area contributed by atoms with Gasteiger partial charge in [0.2, 0.25) is 0 Å². The van der Waals surface area contributed by atoms with Gasteiger partial charge in [-0.05, 0) is 51.0 Å². The third-order valence-corrected chi connectivity index (χ3v) is 2.62. The summed E-state index contributed by atoms with van der Waals surface area (Å²) in [5.41, 5.74) is -0.0794. The van der Waals surface area contributed by atoms with E-state index in [0.29, 0.717) is 12.4 Å². The molecule has 18 heavy (non-hydrogen) atoms. The average Bonchev–Trinajstić information content (AvgIpc) is 2.35. The normalized spacial score (nSPS) is 10.7. The number of benzene rings is 1. The summed E-state index contributed by atoms with van der Waals surface area (Å²) in [6.45, 7) is 4.32. The summed E-state index contributed by atoms with van der Waals surface area (Å²) < 4.78 is 5.48. The van der Waals surface area contributed by atoms with Crippen LogP contribution in [-0.2, 0) is 0 Å². The van der Waals surface area contributed by atoms with Crippen molar-refractivity contribution in [3.05, 3.63) is 29.8 Å². The van der Waals surface area contributed by atoms with Crippen LogP contribution in [0, 0.1) is 16.7 Å². The molecule has 4 heteroatoms. The van der Waals surface area contributed by atoms with Crippen molar-refractivity contribution in [1.82, 2.24) is 0 Å². The highest BCUT2D eigenvalue weighted by Crippen LogP contribution is 2.21. The number of nitriles is 1. The van der Waals surface area contributed by atoms with Crippen molar-refractivity contribution in [3.8, 4) is 11.8 Å². The second kappa shape index (κ2) is 6.06. The molecule has 0 unspecified atom stereocenters. The summed E-state index contributed by atoms with van der Waals surface area (Å²) in [6, 6.07) is 8.54. The number of nitrogens with zero attached hydrogens (tertiary/aromatic N) is 1. The predicted molar refractivity (Wildman–Crippen MR) is 67.5 cm³/mol. The smallest absolute Gasteiger partial charge is 0.335 e. The highest BCUT2D eigenvalue weighted by Gasteiger charge is 2.15. The number of rotatable bonds is 6. The fourth-order valence-corrected chi connectivity index (χ4v) is 1.45. The number of carboxylic acid groups (broad SMARTS) is 1. The molecule has 0 aromatic heterocycles. The van der Waals surface area contributed by atoms with Crippen molar-refractivity contribution in [2.24, 2.45) is 5.41 Å². The maximum atomic E-state index is 10.6. The lowest BCUT2D eigenvalue weighted by molar-refractivity contribution is 0.0697. The molecule has 1 N–H and O–H groups in total. The Balaban J connectivity index is 2.37. The minimum absolute atomic E-state index is 0.243. The first-order valence-electron chi connectivity index (χ1n) is 5.82. The highest BCUT2D eigenvalue weighted by atomic mass is 16.5. The fraction of sp³-hybridized carbons (Fsp3) is 0.429. The van der Waals surface area contributed by atoms with Crippen LogP contribution in [-0.4, -0.2) is 17.7 Å². The third-order valence-electron chi connectivity index (χ3n) is 2.62. The molecular formula is C14H17NO3. The number of ether oxygens (including phenoxy) is 1. The molecule has 0 fully saturated rings. The van der Waals surface area contributed by atoms with Crippen molar-refractivity contribution < 1.29 is 14.6 Å². The lowest BCUT2D eigenvalue weighted by Gasteiger charge is -2.14. The van der Waals surface area contributed by atoms with E-state index in [0.717, 1.165) is 12.8 Å². The molecule has 1 aromatic rings. The molecule has 1 rings (SSSR count). The zero-order chi connectivity index (χ0) is 13.6. The SMILES string of the molecule is CC(C)(C#N)CCCOc1ccc(C(=O)O)cc1. The fourth-order valence-electron chi connectivity index (χ4n) is 1.45. The maximum Gasteiger partial charge on any atom is 0.335 e. The van der Waals surface area contributed by atoms with E-state index >= 15 is 0 Å². The van der Waals surface area contributed by atoms with Gasteiger partial charge in [0.1, 0.15) is 5.75 Å². The van der Waals surface area contributed by atoms with E-state index in [4.69, 9.17) is 15.1 Å². The zero-order valence-electron chi connectivity index (χ0n) is 10.6. The van der Waals surface area contributed by atoms with Crippen LogP contribution in [0.2, 0.25) is 0 Å². The van der Waals surface area contributed by atoms with Gasteiger partial charge in [-0.2, -0.15) is 5.26 Å². The minimum atomic E-state index is -0.947. The second-order valence-electron chi connectivity index (χ2n) is 4.78. The Morgan fingerprint density at radius 2 is 2.00 bits per heavy atom. The molecule has 0 aliphatic heterocycles. The van der Waals surface area contributed by atoms with Crippen molar-refractivity contribution in [1.29, 1.82) is 5.26 Å². The molecule has 96 valence electrons. The van der Waals surface area contributed by atoms with Crippen LogP contribution >= 0.6 is 0 Å². The Morgan fingerprint density at radius 3 is 2.50 bits per heavy atom. The maximum absolute atomic E-state index is 10.6. The minimum Gasteiger partial charge on any atom is -0.494 e. The van der Waals surface area contributed by atoms with E-state index in [1.54, 1.807) is 12.1 Å². The van der Waals surface area contributed by atoms with Crippen molar-refractivity contribution in [2.75, 3.05) is 6.61 Å². The molecule has 1 aromatic carbocycles. The molecule has 0 aliphatic rings. The second-order valence-corrected chi connectivity index (χ2v) is 4.78. The number of carboxylic acids is 1. The van der Waals surface area contributed by atoms with E-state index in [9.17, 15) is 4.79 Å². The van der Waals surface area contributed by atoms with E-state index in [1.807, 2.05) is 13.8 Å². The molecule has 0 spiro atoms. The first-order valence-corrected chi connectivity index (χ1v) is 5.82. The number of carbonyl (C=O) groups is 1. The van der Waals surface area contributed by atoms with Crippen molar-refractivity contribution >= 4 is 5.97 Å². The van der Waals surface area contributed by atoms with E-state index in [-0.39, 0.29) is 11.0 Å². The molecule has 0 bridgehead atoms. The summed E-state index contributed by atoms with van der Waals surface area (Å²) >= 11 is 0. The van der Waals surface area contributed by atoms with Crippen LogP contribution in [0.25, 0.3) is 0 Å². The van der Waals surface area contributed by atoms with Gasteiger partial charge in [0.05, 0.1) is 23.7 Å². The highest BCUT2D eigenvalue weighted by molar-refractivity contribution is 5.87. The third kappa shape index (κ3) is 4.46. The van der Waals surface area contributed by atoms with Crippen LogP contribution in [0.4, 0.5) is 0 Å². The summed E-state index contributed by atoms with van der Waals surface area (Å²) in [5, 5.41) is 17.6. The molecule has 0 saturated heterocycles. The first-order chi connectivity index (χ1) is 8.44. The quantitative estimate of drug-likeness (QED) is 0.784. The van der Waals surface area contributed by atoms with Gasteiger partial charge >= 0.3 is 5.97 Å². The standard InChI is InChI=1S/C14H17NO3/c1-14(2,10-15)8-3-9-18-12-6-4-11(5-7-12)13(16)17/h4-7H,3,8-9H2,1-2H3,(H,16,17). The Hall–Kier alpha value is -2.02. The van der Waals surface area contributed by atoms with Crippen LogP contribution in [0.3, 0.4) is 0 Å². The average molecular weight is 247 g/mol. The molecule has 0 amide bonds. The van der Waals surface area contributed by atoms with Gasteiger partial charge in [-0.15, -0.1) is 0 Å². The lowest BCUT2D eigenvalue weighted by atomic mass is 9.90. The Kier molecular flexibility index (Phi) is 4.73. The molecular weight excluding hydrogens is 230 g/mol. The molecule has 4 nitrogen and oxygen atoms in total. The van der Waals surface area contributed by atoms with Gasteiger partial charge in [-0.3, -0.25) is 0 Å². The van der Waals surface area contributed by atoms with Crippen LogP contribution in [0.15, 0.2) is 24.3 Å². The summed E-state index contributed by atoms with van der Waals surface area (Å²) in [7, 11) is 0. The van der Waals surface area contributed by atoms with Crippen LogP contribution in [0.1, 0.15) is 37.0 Å². The lowest BCUT2D eigenvalue weighted by Crippen LogP contribution is -2.10. The molecule has 0 saturated carbocycles. The zero-order valence-corrected chi connectivity index (χ0v) is 10.6. The Bertz CT molecular complexity index is 443. The molecule has 0 aliphatic carbocycles. The van der Waals surface area contributed by atoms with Gasteiger partial charge in [0.25, 0.3) is 0 Å². The van der Waals surface area contributed by atoms with Gasteiger partial charge in [-0.1, -0.05) is 0 Å². The van der Waals surface area contributed by atoms with Crippen LogP contribution < -0.4 is 4.74 Å². The number of hydrogen-bond donors (Lipinski definition) is 1. The van der Waals surface area contributed by atoms with Crippen LogP contribution in [0.5, 0.6) is 5.75 Å². The van der Waals surface area contributed by atoms with Crippen molar-refractivity contribution in [2.45, 2.75) is 26.7 Å². The largest absolute Gasteiger partial charge is 0.494 e. The number of aromatic carboxylic acids is 1. The topological polar surface area (TPSA) is 70.3 Å². The Labute approximate surface area is 107 Å². The summed E-state index contributed by atoms with van der Waals surface area (Å²) in [6.07, 6.45) is 1.57. The Morgan fingerprint density at radius 1 is 1.39 bits per heavy atom. The summed E-state index contributed by atoms with van der Waals surface area (Å²) in [5.74, 6) is -0.299. The summed E-state index contributed by atoms with van der Waals surface area (Å²) in [4.78, 5) is 10.6. The molecule has 0 radical (unpaired) electrons. The number of hydrogen-bond acceptors (Lipinski definition) is 3. The van der Waals surface area contributed by atoms with Gasteiger partial charge < -0.3 is 9.84 Å². The van der Waals surface area contributed by atoms with E-state index in [1.165, 1.54) is 12.1 Å². The van der Waals surface area contributed by atoms with E-state index < -0.39 is 5.97 Å². The van der Waals surface area contributed by atoms with Gasteiger partial charge in [0.15, 0.2) is 0 Å². The predicted octanol–water partition coefficient (Wildman–Crippen LogP) is 3.09. The molecule has 0 heterocycles.